The van der Waals surface area contributed by atoms with Gasteiger partial charge in [0.1, 0.15) is 0 Å². The summed E-state index contributed by atoms with van der Waals surface area (Å²) in [7, 11) is 0. The van der Waals surface area contributed by atoms with Crippen molar-refractivity contribution in [3.63, 3.8) is 0 Å². The molecule has 0 spiro atoms. The van der Waals surface area contributed by atoms with Crippen molar-refractivity contribution in [2.75, 3.05) is 15.6 Å². The van der Waals surface area contributed by atoms with Crippen molar-refractivity contribution in [1.29, 1.82) is 0 Å². The molecule has 10 heteroatoms. The third-order valence-electron chi connectivity index (χ3n) is 8.75. The summed E-state index contributed by atoms with van der Waals surface area (Å²) < 4.78 is 0. The van der Waals surface area contributed by atoms with Gasteiger partial charge in [0.15, 0.2) is 0 Å². The molecule has 1 heterocycles. The minimum Gasteiger partial charge on any atom is -0.349 e. The number of aromatic nitrogens is 3. The van der Waals surface area contributed by atoms with Crippen LogP contribution in [-0.4, -0.2) is 31.6 Å². The lowest BCUT2D eigenvalue weighted by atomic mass is 9.53. The summed E-state index contributed by atoms with van der Waals surface area (Å²) in [5, 5.41) is 19.2. The SMILES string of the molecule is O=[N+]([O-])c1ccc(/C=N/Nc2nc(NC34CC5CC(CC(C5)C3)C4)nc(N(c3ccccc3)c3ccccc3)n2)cc1. The Hall–Kier alpha value is -4.86. The summed E-state index contributed by atoms with van der Waals surface area (Å²) in [6.07, 6.45) is 9.11. The maximum Gasteiger partial charge on any atom is 0.269 e. The van der Waals surface area contributed by atoms with Gasteiger partial charge in [-0.15, -0.1) is 0 Å². The molecule has 4 bridgehead atoms. The van der Waals surface area contributed by atoms with Crippen LogP contribution in [-0.2, 0) is 0 Å². The van der Waals surface area contributed by atoms with Gasteiger partial charge in [-0.3, -0.25) is 15.0 Å². The summed E-state index contributed by atoms with van der Waals surface area (Å²) >= 11 is 0. The van der Waals surface area contributed by atoms with E-state index in [1.165, 1.54) is 31.4 Å². The standard InChI is InChI=1S/C32H32N8O2/c41-40(42)28-13-11-22(12-14-28)21-33-38-30-34-29(37-32-18-23-15-24(19-32)17-25(16-23)20-32)35-31(36-30)39(26-7-3-1-4-8-26)27-9-5-2-6-10-27/h1-14,21,23-25H,15-20H2,(H2,34,35,36,37,38)/b33-21+. The van der Waals surface area contributed by atoms with Crippen molar-refractivity contribution in [2.45, 2.75) is 44.1 Å². The molecule has 4 aliphatic rings. The molecule has 212 valence electrons. The van der Waals surface area contributed by atoms with Gasteiger partial charge in [-0.05, 0) is 98.2 Å². The highest BCUT2D eigenvalue weighted by Crippen LogP contribution is 2.56. The first kappa shape index (κ1) is 26.1. The molecule has 1 aromatic heterocycles. The number of anilines is 5. The van der Waals surface area contributed by atoms with Crippen LogP contribution in [0.5, 0.6) is 0 Å². The molecule has 3 aromatic carbocycles. The molecular weight excluding hydrogens is 528 g/mol. The van der Waals surface area contributed by atoms with Crippen LogP contribution in [0, 0.1) is 27.9 Å². The Bertz CT molecular complexity index is 1520. The van der Waals surface area contributed by atoms with Gasteiger partial charge in [0.25, 0.3) is 5.69 Å². The highest BCUT2D eigenvalue weighted by molar-refractivity contribution is 5.80. The normalized spacial score (nSPS) is 24.0. The molecule has 0 atom stereocenters. The second kappa shape index (κ2) is 10.8. The average Bonchev–Trinajstić information content (AvgIpc) is 2.98. The Kier molecular flexibility index (Phi) is 6.73. The van der Waals surface area contributed by atoms with E-state index in [9.17, 15) is 10.1 Å². The number of benzene rings is 3. The van der Waals surface area contributed by atoms with Crippen molar-refractivity contribution < 1.29 is 4.92 Å². The third kappa shape index (κ3) is 5.39. The lowest BCUT2D eigenvalue weighted by Gasteiger charge is -2.56. The van der Waals surface area contributed by atoms with Gasteiger partial charge in [0.2, 0.25) is 17.8 Å². The van der Waals surface area contributed by atoms with Crippen LogP contribution in [0.3, 0.4) is 0 Å². The van der Waals surface area contributed by atoms with Gasteiger partial charge in [0, 0.05) is 29.0 Å². The number of nitrogens with one attached hydrogen (secondary N) is 2. The Labute approximate surface area is 244 Å². The monoisotopic (exact) mass is 560 g/mol. The van der Waals surface area contributed by atoms with E-state index < -0.39 is 4.92 Å². The molecule has 0 unspecified atom stereocenters. The maximum atomic E-state index is 11.0. The van der Waals surface area contributed by atoms with Gasteiger partial charge >= 0.3 is 0 Å². The molecule has 42 heavy (non-hydrogen) atoms. The molecule has 4 aliphatic carbocycles. The predicted octanol–water partition coefficient (Wildman–Crippen LogP) is 7.08. The van der Waals surface area contributed by atoms with E-state index in [1.54, 1.807) is 18.3 Å². The minimum atomic E-state index is -0.422. The number of para-hydroxylation sites is 2. The third-order valence-corrected chi connectivity index (χ3v) is 8.75. The average molecular weight is 561 g/mol. The van der Waals surface area contributed by atoms with Gasteiger partial charge in [-0.2, -0.15) is 20.1 Å². The van der Waals surface area contributed by atoms with E-state index in [1.807, 2.05) is 65.6 Å². The number of hydrazone groups is 1. The topological polar surface area (TPSA) is 121 Å². The zero-order valence-corrected chi connectivity index (χ0v) is 23.1. The minimum absolute atomic E-state index is 0.0109. The van der Waals surface area contributed by atoms with Crippen LogP contribution >= 0.6 is 0 Å². The number of hydrogen-bond acceptors (Lipinski definition) is 9. The number of hydrogen-bond donors (Lipinski definition) is 2. The molecular formula is C32H32N8O2. The van der Waals surface area contributed by atoms with Crippen LogP contribution in [0.4, 0.5) is 34.9 Å². The largest absolute Gasteiger partial charge is 0.349 e. The molecule has 0 aliphatic heterocycles. The number of nitro groups is 1. The lowest BCUT2D eigenvalue weighted by Crippen LogP contribution is -2.55. The summed E-state index contributed by atoms with van der Waals surface area (Å²) in [5.74, 6) is 3.65. The first-order valence-electron chi connectivity index (χ1n) is 14.5. The zero-order chi connectivity index (χ0) is 28.5. The van der Waals surface area contributed by atoms with Crippen molar-refractivity contribution in [1.82, 2.24) is 15.0 Å². The van der Waals surface area contributed by atoms with Gasteiger partial charge < -0.3 is 5.32 Å². The number of nitro benzene ring substituents is 1. The maximum absolute atomic E-state index is 11.0. The van der Waals surface area contributed by atoms with Gasteiger partial charge in [-0.25, -0.2) is 5.43 Å². The van der Waals surface area contributed by atoms with Gasteiger partial charge in [0.05, 0.1) is 11.1 Å². The zero-order valence-electron chi connectivity index (χ0n) is 23.1. The van der Waals surface area contributed by atoms with Crippen LogP contribution < -0.4 is 15.6 Å². The molecule has 2 N–H and O–H groups in total. The second-order valence-electron chi connectivity index (χ2n) is 11.8. The van der Waals surface area contributed by atoms with Gasteiger partial charge in [-0.1, -0.05) is 36.4 Å². The molecule has 4 saturated carbocycles. The molecule has 4 fully saturated rings. The Morgan fingerprint density at radius 2 is 1.33 bits per heavy atom. The van der Waals surface area contributed by atoms with Crippen LogP contribution in [0.15, 0.2) is 90.0 Å². The summed E-state index contributed by atoms with van der Waals surface area (Å²) in [6, 6.07) is 26.3. The lowest BCUT2D eigenvalue weighted by molar-refractivity contribution is -0.384. The Morgan fingerprint density at radius 1 is 0.786 bits per heavy atom. The highest BCUT2D eigenvalue weighted by atomic mass is 16.6. The van der Waals surface area contributed by atoms with Crippen LogP contribution in [0.25, 0.3) is 0 Å². The van der Waals surface area contributed by atoms with Crippen molar-refractivity contribution >= 4 is 41.1 Å². The number of rotatable bonds is 9. The summed E-state index contributed by atoms with van der Waals surface area (Å²) in [5.41, 5.74) is 5.59. The predicted molar refractivity (Wildman–Crippen MR) is 163 cm³/mol. The smallest absolute Gasteiger partial charge is 0.269 e. The number of nitrogens with zero attached hydrogens (tertiary/aromatic N) is 6. The van der Waals surface area contributed by atoms with E-state index in [4.69, 9.17) is 15.0 Å². The summed E-state index contributed by atoms with van der Waals surface area (Å²) in [4.78, 5) is 27.1. The van der Waals surface area contributed by atoms with Crippen LogP contribution in [0.1, 0.15) is 44.1 Å². The first-order chi connectivity index (χ1) is 20.5. The van der Waals surface area contributed by atoms with Crippen molar-refractivity contribution in [2.24, 2.45) is 22.9 Å². The number of non-ortho nitro benzene ring substituents is 1. The molecule has 0 saturated heterocycles. The highest BCUT2D eigenvalue weighted by Gasteiger charge is 2.51. The Balaban J connectivity index is 1.24. The second-order valence-corrected chi connectivity index (χ2v) is 11.8. The van der Waals surface area contributed by atoms with E-state index in [0.29, 0.717) is 23.4 Å². The van der Waals surface area contributed by atoms with E-state index in [-0.39, 0.29) is 11.2 Å². The van der Waals surface area contributed by atoms with Crippen molar-refractivity contribution in [3.8, 4) is 0 Å². The molecule has 10 nitrogen and oxygen atoms in total. The Morgan fingerprint density at radius 3 is 1.88 bits per heavy atom. The van der Waals surface area contributed by atoms with Crippen LogP contribution in [0.2, 0.25) is 0 Å². The fourth-order valence-electron chi connectivity index (χ4n) is 7.45. The van der Waals surface area contributed by atoms with E-state index in [0.717, 1.165) is 48.4 Å². The first-order valence-corrected chi connectivity index (χ1v) is 14.5. The molecule has 0 amide bonds. The fourth-order valence-corrected chi connectivity index (χ4v) is 7.45. The summed E-state index contributed by atoms with van der Waals surface area (Å²) in [6.45, 7) is 0. The molecule has 4 aromatic rings. The molecule has 0 radical (unpaired) electrons. The fraction of sp³-hybridized carbons (Fsp3) is 0.312. The molecule has 8 rings (SSSR count). The quantitative estimate of drug-likeness (QED) is 0.127. The van der Waals surface area contributed by atoms with E-state index in [2.05, 4.69) is 15.8 Å². The van der Waals surface area contributed by atoms with Crippen molar-refractivity contribution in [3.05, 3.63) is 101 Å². The van der Waals surface area contributed by atoms with E-state index >= 15 is 0 Å².